The molecular formula is C18H18N4O5. The third-order valence-electron chi connectivity index (χ3n) is 4.81. The molecule has 1 atom stereocenters. The van der Waals surface area contributed by atoms with Crippen LogP contribution in [0.15, 0.2) is 23.0 Å². The molecule has 0 radical (unpaired) electrons. The molecule has 27 heavy (non-hydrogen) atoms. The molecule has 0 saturated carbocycles. The molecule has 9 heteroatoms. The van der Waals surface area contributed by atoms with Gasteiger partial charge in [0.2, 0.25) is 0 Å². The van der Waals surface area contributed by atoms with Crippen LogP contribution < -0.4 is 10.9 Å². The van der Waals surface area contributed by atoms with Crippen molar-refractivity contribution in [2.45, 2.75) is 32.4 Å². The number of rotatable bonds is 3. The third kappa shape index (κ3) is 2.94. The number of carbonyl (C=O) groups excluding carboxylic acids is 3. The van der Waals surface area contributed by atoms with Crippen molar-refractivity contribution in [3.05, 3.63) is 39.9 Å². The summed E-state index contributed by atoms with van der Waals surface area (Å²) >= 11 is 0. The summed E-state index contributed by atoms with van der Waals surface area (Å²) in [7, 11) is 0. The SMILES string of the molecule is C[C@H](OC(=O)c1ccc2c(=O)n3c(nc2c1)CCC3)C(=O)N1CCNC1=O. The molecule has 4 rings (SSSR count). The maximum Gasteiger partial charge on any atom is 0.338 e. The molecule has 2 aliphatic rings. The minimum Gasteiger partial charge on any atom is -0.449 e. The van der Waals surface area contributed by atoms with Gasteiger partial charge in [0, 0.05) is 26.1 Å². The number of hydrogen-bond acceptors (Lipinski definition) is 6. The van der Waals surface area contributed by atoms with Gasteiger partial charge in [-0.3, -0.25) is 19.1 Å². The Morgan fingerprint density at radius 2 is 2.07 bits per heavy atom. The Morgan fingerprint density at radius 1 is 1.26 bits per heavy atom. The first-order valence-electron chi connectivity index (χ1n) is 8.79. The van der Waals surface area contributed by atoms with Crippen LogP contribution in [0.5, 0.6) is 0 Å². The van der Waals surface area contributed by atoms with Gasteiger partial charge < -0.3 is 10.1 Å². The molecule has 3 amide bonds. The molecule has 2 aliphatic heterocycles. The van der Waals surface area contributed by atoms with E-state index in [0.717, 1.165) is 17.7 Å². The minimum absolute atomic E-state index is 0.115. The van der Waals surface area contributed by atoms with Gasteiger partial charge in [-0.2, -0.15) is 0 Å². The molecule has 1 aromatic carbocycles. The highest BCUT2D eigenvalue weighted by molar-refractivity contribution is 6.00. The number of urea groups is 1. The third-order valence-corrected chi connectivity index (χ3v) is 4.81. The Hall–Kier alpha value is -3.23. The van der Waals surface area contributed by atoms with Crippen LogP contribution in [0.3, 0.4) is 0 Å². The maximum atomic E-state index is 12.5. The van der Waals surface area contributed by atoms with Gasteiger partial charge in [-0.05, 0) is 31.5 Å². The lowest BCUT2D eigenvalue weighted by Crippen LogP contribution is -2.41. The minimum atomic E-state index is -1.10. The molecule has 3 heterocycles. The van der Waals surface area contributed by atoms with Gasteiger partial charge in [-0.25, -0.2) is 14.6 Å². The van der Waals surface area contributed by atoms with Crippen LogP contribution in [-0.2, 0) is 22.5 Å². The fourth-order valence-electron chi connectivity index (χ4n) is 3.39. The second-order valence-electron chi connectivity index (χ2n) is 6.59. The summed E-state index contributed by atoms with van der Waals surface area (Å²) < 4.78 is 6.86. The molecule has 0 bridgehead atoms. The maximum absolute atomic E-state index is 12.5. The number of fused-ring (bicyclic) bond motifs is 2. The molecule has 0 spiro atoms. The fourth-order valence-corrected chi connectivity index (χ4v) is 3.39. The summed E-state index contributed by atoms with van der Waals surface area (Å²) in [4.78, 5) is 54.2. The summed E-state index contributed by atoms with van der Waals surface area (Å²) in [6.07, 6.45) is 0.496. The van der Waals surface area contributed by atoms with Crippen LogP contribution in [-0.4, -0.2) is 51.6 Å². The van der Waals surface area contributed by atoms with E-state index in [1.165, 1.54) is 19.1 Å². The summed E-state index contributed by atoms with van der Waals surface area (Å²) in [5.74, 6) is -0.574. The average Bonchev–Trinajstić information content (AvgIpc) is 3.29. The van der Waals surface area contributed by atoms with E-state index in [4.69, 9.17) is 4.74 Å². The Kier molecular flexibility index (Phi) is 4.14. The molecule has 9 nitrogen and oxygen atoms in total. The number of nitrogens with zero attached hydrogens (tertiary/aromatic N) is 3. The second kappa shape index (κ2) is 6.49. The quantitative estimate of drug-likeness (QED) is 0.785. The molecule has 0 unspecified atom stereocenters. The lowest BCUT2D eigenvalue weighted by Gasteiger charge is -2.18. The Balaban J connectivity index is 1.56. The zero-order valence-corrected chi connectivity index (χ0v) is 14.7. The van der Waals surface area contributed by atoms with Crippen LogP contribution in [0.25, 0.3) is 10.9 Å². The number of aromatic nitrogens is 2. The van der Waals surface area contributed by atoms with Crippen LogP contribution in [0, 0.1) is 0 Å². The lowest BCUT2D eigenvalue weighted by atomic mass is 10.1. The highest BCUT2D eigenvalue weighted by atomic mass is 16.5. The van der Waals surface area contributed by atoms with Crippen molar-refractivity contribution in [1.82, 2.24) is 19.8 Å². The lowest BCUT2D eigenvalue weighted by molar-refractivity contribution is -0.136. The smallest absolute Gasteiger partial charge is 0.338 e. The number of carbonyl (C=O) groups is 3. The van der Waals surface area contributed by atoms with E-state index >= 15 is 0 Å². The van der Waals surface area contributed by atoms with Crippen molar-refractivity contribution in [3.63, 3.8) is 0 Å². The number of benzene rings is 1. The van der Waals surface area contributed by atoms with E-state index in [-0.39, 0.29) is 17.7 Å². The standard InChI is InChI=1S/C18H18N4O5/c1-10(15(23)22-8-6-19-18(22)26)27-17(25)11-4-5-12-13(9-11)20-14-3-2-7-21(14)16(12)24/h4-5,9-10H,2-3,6-8H2,1H3,(H,19,26)/t10-/m0/s1. The normalized spacial score (nSPS) is 16.9. The molecule has 1 saturated heterocycles. The predicted molar refractivity (Wildman–Crippen MR) is 94.3 cm³/mol. The van der Waals surface area contributed by atoms with Gasteiger partial charge in [0.15, 0.2) is 6.10 Å². The zero-order valence-electron chi connectivity index (χ0n) is 14.7. The topological polar surface area (TPSA) is 111 Å². The monoisotopic (exact) mass is 370 g/mol. The molecule has 1 aromatic heterocycles. The van der Waals surface area contributed by atoms with E-state index in [1.54, 1.807) is 10.6 Å². The number of esters is 1. The first kappa shape index (κ1) is 17.2. The summed E-state index contributed by atoms with van der Waals surface area (Å²) in [5, 5.41) is 2.96. The van der Waals surface area contributed by atoms with E-state index < -0.39 is 24.0 Å². The average molecular weight is 370 g/mol. The van der Waals surface area contributed by atoms with E-state index in [2.05, 4.69) is 10.3 Å². The molecule has 0 aliphatic carbocycles. The largest absolute Gasteiger partial charge is 0.449 e. The van der Waals surface area contributed by atoms with Crippen molar-refractivity contribution < 1.29 is 19.1 Å². The molecule has 1 N–H and O–H groups in total. The first-order chi connectivity index (χ1) is 13.0. The Labute approximate surface area is 153 Å². The fraction of sp³-hybridized carbons (Fsp3) is 0.389. The van der Waals surface area contributed by atoms with Gasteiger partial charge in [0.05, 0.1) is 16.5 Å². The number of amides is 3. The molecule has 140 valence electrons. The molecular weight excluding hydrogens is 352 g/mol. The highest BCUT2D eigenvalue weighted by Gasteiger charge is 2.31. The van der Waals surface area contributed by atoms with E-state index in [1.807, 2.05) is 0 Å². The van der Waals surface area contributed by atoms with Gasteiger partial charge in [0.1, 0.15) is 5.82 Å². The van der Waals surface area contributed by atoms with Crippen molar-refractivity contribution in [2.24, 2.45) is 0 Å². The second-order valence-corrected chi connectivity index (χ2v) is 6.59. The number of aryl methyl sites for hydroxylation is 1. The van der Waals surface area contributed by atoms with Crippen LogP contribution in [0.1, 0.15) is 29.5 Å². The van der Waals surface area contributed by atoms with Crippen molar-refractivity contribution in [1.29, 1.82) is 0 Å². The van der Waals surface area contributed by atoms with Crippen LogP contribution in [0.2, 0.25) is 0 Å². The summed E-state index contributed by atoms with van der Waals surface area (Å²) in [5.41, 5.74) is 0.513. The van der Waals surface area contributed by atoms with E-state index in [9.17, 15) is 19.2 Å². The van der Waals surface area contributed by atoms with Crippen molar-refractivity contribution >= 4 is 28.8 Å². The highest BCUT2D eigenvalue weighted by Crippen LogP contribution is 2.17. The van der Waals surface area contributed by atoms with Crippen molar-refractivity contribution in [3.8, 4) is 0 Å². The molecule has 2 aromatic rings. The molecule has 1 fully saturated rings. The van der Waals surface area contributed by atoms with Gasteiger partial charge >= 0.3 is 12.0 Å². The predicted octanol–water partition coefficient (Wildman–Crippen LogP) is 0.440. The Morgan fingerprint density at radius 3 is 2.81 bits per heavy atom. The zero-order chi connectivity index (χ0) is 19.1. The van der Waals surface area contributed by atoms with Gasteiger partial charge in [-0.1, -0.05) is 0 Å². The first-order valence-corrected chi connectivity index (χ1v) is 8.79. The van der Waals surface area contributed by atoms with Crippen LogP contribution >= 0.6 is 0 Å². The number of ether oxygens (including phenoxy) is 1. The number of hydrogen-bond donors (Lipinski definition) is 1. The van der Waals surface area contributed by atoms with Gasteiger partial charge in [0.25, 0.3) is 11.5 Å². The number of imide groups is 1. The van der Waals surface area contributed by atoms with E-state index in [0.29, 0.717) is 29.8 Å². The summed E-state index contributed by atoms with van der Waals surface area (Å²) in [6, 6.07) is 4.04. The van der Waals surface area contributed by atoms with Crippen LogP contribution in [0.4, 0.5) is 4.79 Å². The van der Waals surface area contributed by atoms with Crippen molar-refractivity contribution in [2.75, 3.05) is 13.1 Å². The number of nitrogens with one attached hydrogen (secondary N) is 1. The van der Waals surface area contributed by atoms with Gasteiger partial charge in [-0.15, -0.1) is 0 Å². The summed E-state index contributed by atoms with van der Waals surface area (Å²) in [6.45, 7) is 2.70. The Bertz CT molecular complexity index is 1030.